The molecule has 0 atom stereocenters. The standard InChI is InChI=1S/C24H22N4O3/c29-23(19-6-2-1-3-7-19)31-22-10-9-21(17-26-22)27-24(30)28-14-11-18(12-15-28)16-20-8-4-5-13-25-20/h1-10,13,16-17H,11-12,14-15H2,(H,27,30). The minimum atomic E-state index is -0.479. The molecule has 3 aromatic rings. The highest BCUT2D eigenvalue weighted by molar-refractivity contribution is 5.91. The third-order valence-electron chi connectivity index (χ3n) is 4.93. The molecule has 1 N–H and O–H groups in total. The van der Waals surface area contributed by atoms with Crippen LogP contribution in [0.3, 0.4) is 0 Å². The first-order valence-corrected chi connectivity index (χ1v) is 10.1. The van der Waals surface area contributed by atoms with Gasteiger partial charge in [-0.2, -0.15) is 0 Å². The van der Waals surface area contributed by atoms with Crippen LogP contribution in [0.25, 0.3) is 6.08 Å². The van der Waals surface area contributed by atoms with Crippen LogP contribution in [0, 0.1) is 0 Å². The number of aromatic nitrogens is 2. The van der Waals surface area contributed by atoms with E-state index >= 15 is 0 Å². The van der Waals surface area contributed by atoms with Crippen LogP contribution in [0.5, 0.6) is 5.88 Å². The van der Waals surface area contributed by atoms with Gasteiger partial charge in [0.15, 0.2) is 0 Å². The number of carbonyl (C=O) groups is 2. The van der Waals surface area contributed by atoms with Crippen LogP contribution in [0.2, 0.25) is 0 Å². The molecule has 1 aromatic carbocycles. The zero-order valence-corrected chi connectivity index (χ0v) is 16.9. The summed E-state index contributed by atoms with van der Waals surface area (Å²) in [7, 11) is 0. The second-order valence-electron chi connectivity index (χ2n) is 7.12. The fourth-order valence-corrected chi connectivity index (χ4v) is 3.26. The van der Waals surface area contributed by atoms with Gasteiger partial charge in [-0.1, -0.05) is 29.8 Å². The van der Waals surface area contributed by atoms with E-state index in [1.165, 1.54) is 11.8 Å². The van der Waals surface area contributed by atoms with Crippen molar-refractivity contribution in [2.75, 3.05) is 18.4 Å². The molecule has 0 radical (unpaired) electrons. The number of likely N-dealkylation sites (tertiary alicyclic amines) is 1. The summed E-state index contributed by atoms with van der Waals surface area (Å²) in [6, 6.07) is 17.6. The maximum absolute atomic E-state index is 12.6. The molecule has 0 spiro atoms. The van der Waals surface area contributed by atoms with Crippen LogP contribution in [0.1, 0.15) is 28.9 Å². The van der Waals surface area contributed by atoms with E-state index < -0.39 is 5.97 Å². The minimum Gasteiger partial charge on any atom is -0.404 e. The van der Waals surface area contributed by atoms with Crippen LogP contribution in [0.15, 0.2) is 78.6 Å². The average Bonchev–Trinajstić information content (AvgIpc) is 2.82. The van der Waals surface area contributed by atoms with Crippen LogP contribution < -0.4 is 10.1 Å². The van der Waals surface area contributed by atoms with Gasteiger partial charge in [0, 0.05) is 25.4 Å². The third-order valence-corrected chi connectivity index (χ3v) is 4.93. The number of pyridine rings is 2. The number of piperidine rings is 1. The minimum absolute atomic E-state index is 0.173. The van der Waals surface area contributed by atoms with E-state index in [1.54, 1.807) is 47.5 Å². The van der Waals surface area contributed by atoms with Crippen LogP contribution in [0.4, 0.5) is 10.5 Å². The topological polar surface area (TPSA) is 84.4 Å². The largest absolute Gasteiger partial charge is 0.404 e. The number of amides is 2. The number of benzene rings is 1. The lowest BCUT2D eigenvalue weighted by Gasteiger charge is -2.28. The van der Waals surface area contributed by atoms with E-state index in [0.717, 1.165) is 18.5 Å². The summed E-state index contributed by atoms with van der Waals surface area (Å²) in [5.74, 6) is -0.304. The van der Waals surface area contributed by atoms with Crippen molar-refractivity contribution < 1.29 is 14.3 Å². The highest BCUT2D eigenvalue weighted by atomic mass is 16.5. The molecule has 1 aliphatic rings. The Balaban J connectivity index is 1.28. The Morgan fingerprint density at radius 1 is 0.935 bits per heavy atom. The van der Waals surface area contributed by atoms with Crippen molar-refractivity contribution in [1.29, 1.82) is 0 Å². The van der Waals surface area contributed by atoms with Crippen molar-refractivity contribution in [2.45, 2.75) is 12.8 Å². The number of rotatable bonds is 4. The van der Waals surface area contributed by atoms with E-state index in [9.17, 15) is 9.59 Å². The van der Waals surface area contributed by atoms with Crippen LogP contribution in [-0.2, 0) is 0 Å². The zero-order valence-electron chi connectivity index (χ0n) is 16.9. The van der Waals surface area contributed by atoms with Gasteiger partial charge < -0.3 is 15.0 Å². The highest BCUT2D eigenvalue weighted by Gasteiger charge is 2.19. The van der Waals surface area contributed by atoms with Gasteiger partial charge in [-0.05, 0) is 49.2 Å². The highest BCUT2D eigenvalue weighted by Crippen LogP contribution is 2.20. The number of anilines is 1. The van der Waals surface area contributed by atoms with E-state index in [0.29, 0.717) is 24.3 Å². The molecule has 3 heterocycles. The lowest BCUT2D eigenvalue weighted by Crippen LogP contribution is -2.39. The molecule has 0 saturated carbocycles. The van der Waals surface area contributed by atoms with E-state index in [4.69, 9.17) is 4.74 Å². The van der Waals surface area contributed by atoms with Crippen molar-refractivity contribution in [2.24, 2.45) is 0 Å². The molecule has 1 aliphatic heterocycles. The molecule has 31 heavy (non-hydrogen) atoms. The number of hydrogen-bond donors (Lipinski definition) is 1. The summed E-state index contributed by atoms with van der Waals surface area (Å²) in [6.07, 6.45) is 6.97. The average molecular weight is 414 g/mol. The summed E-state index contributed by atoms with van der Waals surface area (Å²) in [4.78, 5) is 34.8. The van der Waals surface area contributed by atoms with Gasteiger partial charge >= 0.3 is 12.0 Å². The zero-order chi connectivity index (χ0) is 21.5. The quantitative estimate of drug-likeness (QED) is 0.640. The van der Waals surface area contributed by atoms with Gasteiger partial charge in [-0.25, -0.2) is 14.6 Å². The number of urea groups is 1. The summed E-state index contributed by atoms with van der Waals surface area (Å²) >= 11 is 0. The molecule has 1 fully saturated rings. The number of hydrogen-bond acceptors (Lipinski definition) is 5. The lowest BCUT2D eigenvalue weighted by atomic mass is 10.0. The fraction of sp³-hybridized carbons (Fsp3) is 0.167. The van der Waals surface area contributed by atoms with Crippen molar-refractivity contribution in [3.05, 3.63) is 89.9 Å². The monoisotopic (exact) mass is 414 g/mol. The summed E-state index contributed by atoms with van der Waals surface area (Å²) in [6.45, 7) is 1.29. The summed E-state index contributed by atoms with van der Waals surface area (Å²) < 4.78 is 5.25. The van der Waals surface area contributed by atoms with Crippen LogP contribution >= 0.6 is 0 Å². The SMILES string of the molecule is O=C(Oc1ccc(NC(=O)N2CCC(=Cc3ccccn3)CC2)cn1)c1ccccc1. The molecule has 156 valence electrons. The second kappa shape index (κ2) is 9.67. The molecule has 0 aliphatic carbocycles. The Bertz CT molecular complexity index is 1060. The van der Waals surface area contributed by atoms with Gasteiger partial charge in [0.1, 0.15) is 0 Å². The summed E-state index contributed by atoms with van der Waals surface area (Å²) in [5.41, 5.74) is 3.21. The van der Waals surface area contributed by atoms with Crippen molar-refractivity contribution in [3.63, 3.8) is 0 Å². The van der Waals surface area contributed by atoms with Crippen LogP contribution in [-0.4, -0.2) is 40.0 Å². The maximum Gasteiger partial charge on any atom is 0.344 e. The Kier molecular flexibility index (Phi) is 6.32. The Labute approximate surface area is 180 Å². The number of ether oxygens (including phenoxy) is 1. The molecule has 7 heteroatoms. The normalized spacial score (nSPS) is 13.4. The summed E-state index contributed by atoms with van der Waals surface area (Å²) in [5, 5.41) is 2.84. The molecular weight excluding hydrogens is 392 g/mol. The number of nitrogens with one attached hydrogen (secondary N) is 1. The second-order valence-corrected chi connectivity index (χ2v) is 7.12. The Morgan fingerprint density at radius 3 is 2.39 bits per heavy atom. The Morgan fingerprint density at radius 2 is 1.71 bits per heavy atom. The lowest BCUT2D eigenvalue weighted by molar-refractivity contribution is 0.0727. The van der Waals surface area contributed by atoms with Gasteiger partial charge in [-0.3, -0.25) is 4.98 Å². The van der Waals surface area contributed by atoms with E-state index in [2.05, 4.69) is 21.4 Å². The number of carbonyl (C=O) groups excluding carboxylic acids is 2. The molecule has 2 amide bonds. The maximum atomic E-state index is 12.6. The van der Waals surface area contributed by atoms with Gasteiger partial charge in [0.25, 0.3) is 0 Å². The molecule has 0 unspecified atom stereocenters. The molecule has 1 saturated heterocycles. The molecular formula is C24H22N4O3. The van der Waals surface area contributed by atoms with E-state index in [-0.39, 0.29) is 11.9 Å². The first kappa shape index (κ1) is 20.3. The molecule has 0 bridgehead atoms. The van der Waals surface area contributed by atoms with Gasteiger partial charge in [-0.15, -0.1) is 0 Å². The smallest absolute Gasteiger partial charge is 0.344 e. The van der Waals surface area contributed by atoms with Crippen molar-refractivity contribution in [3.8, 4) is 5.88 Å². The molecule has 7 nitrogen and oxygen atoms in total. The van der Waals surface area contributed by atoms with Crippen molar-refractivity contribution >= 4 is 23.8 Å². The first-order valence-electron chi connectivity index (χ1n) is 10.1. The number of esters is 1. The number of nitrogens with zero attached hydrogens (tertiary/aromatic N) is 3. The Hall–Kier alpha value is -4.00. The predicted molar refractivity (Wildman–Crippen MR) is 118 cm³/mol. The third kappa shape index (κ3) is 5.54. The van der Waals surface area contributed by atoms with Crippen molar-refractivity contribution in [1.82, 2.24) is 14.9 Å². The van der Waals surface area contributed by atoms with Gasteiger partial charge in [0.05, 0.1) is 23.1 Å². The van der Waals surface area contributed by atoms with E-state index in [1.807, 2.05) is 24.3 Å². The van der Waals surface area contributed by atoms with Gasteiger partial charge in [0.2, 0.25) is 5.88 Å². The fourth-order valence-electron chi connectivity index (χ4n) is 3.26. The molecule has 2 aromatic heterocycles. The first-order chi connectivity index (χ1) is 15.2. The predicted octanol–water partition coefficient (Wildman–Crippen LogP) is 4.41. The molecule has 4 rings (SSSR count).